The lowest BCUT2D eigenvalue weighted by Crippen LogP contribution is -2.07. The summed E-state index contributed by atoms with van der Waals surface area (Å²) >= 11 is 0. The average Bonchev–Trinajstić information content (AvgIpc) is 2.59. The molecule has 0 radical (unpaired) electrons. The fourth-order valence-corrected chi connectivity index (χ4v) is 2.56. The molecule has 0 aliphatic carbocycles. The normalized spacial score (nSPS) is 14.1. The van der Waals surface area contributed by atoms with Gasteiger partial charge in [0.25, 0.3) is 0 Å². The third-order valence-corrected chi connectivity index (χ3v) is 4.06. The van der Waals surface area contributed by atoms with E-state index in [1.165, 1.54) is 18.4 Å². The molecule has 0 aliphatic heterocycles. The highest BCUT2D eigenvalue weighted by atomic mass is 16.5. The van der Waals surface area contributed by atoms with Crippen LogP contribution in [0.15, 0.2) is 42.5 Å². The second-order valence-corrected chi connectivity index (χ2v) is 6.41. The lowest BCUT2D eigenvalue weighted by Gasteiger charge is -2.09. The van der Waals surface area contributed by atoms with Crippen LogP contribution in [-0.4, -0.2) is 29.0 Å². The zero-order valence-corrected chi connectivity index (χ0v) is 15.1. The van der Waals surface area contributed by atoms with Crippen LogP contribution in [0.3, 0.4) is 0 Å². The van der Waals surface area contributed by atoms with Gasteiger partial charge in [0.05, 0.1) is 18.8 Å². The van der Waals surface area contributed by atoms with Crippen LogP contribution < -0.4 is 0 Å². The van der Waals surface area contributed by atoms with E-state index in [0.29, 0.717) is 13.0 Å². The maximum atomic E-state index is 9.94. The minimum atomic E-state index is -0.366. The van der Waals surface area contributed by atoms with Crippen LogP contribution in [-0.2, 0) is 11.3 Å². The summed E-state index contributed by atoms with van der Waals surface area (Å²) in [7, 11) is 0. The van der Waals surface area contributed by atoms with Crippen molar-refractivity contribution in [1.82, 2.24) is 0 Å². The highest BCUT2D eigenvalue weighted by Gasteiger charge is 2.03. The molecule has 1 aromatic carbocycles. The van der Waals surface area contributed by atoms with Crippen molar-refractivity contribution in [3.8, 4) is 0 Å². The van der Waals surface area contributed by atoms with Gasteiger partial charge in [-0.3, -0.25) is 0 Å². The Morgan fingerprint density at radius 3 is 2.50 bits per heavy atom. The maximum Gasteiger partial charge on any atom is 0.0720 e. The molecule has 2 atom stereocenters. The second-order valence-electron chi connectivity index (χ2n) is 6.41. The fraction of sp³-hybridized carbons (Fsp3) is 0.619. The minimum absolute atomic E-state index is 0.321. The molecule has 136 valence electrons. The molecule has 0 fully saturated rings. The molecular weight excluding hydrogens is 300 g/mol. The Labute approximate surface area is 147 Å². The Kier molecular flexibility index (Phi) is 12.4. The van der Waals surface area contributed by atoms with Crippen LogP contribution in [0.4, 0.5) is 0 Å². The second kappa shape index (κ2) is 14.2. The molecule has 1 rings (SSSR count). The third kappa shape index (κ3) is 11.4. The predicted molar refractivity (Wildman–Crippen MR) is 99.9 cm³/mol. The van der Waals surface area contributed by atoms with Crippen LogP contribution in [0, 0.1) is 0 Å². The van der Waals surface area contributed by atoms with E-state index in [4.69, 9.17) is 4.74 Å². The number of rotatable bonds is 14. The van der Waals surface area contributed by atoms with E-state index in [9.17, 15) is 10.2 Å². The summed E-state index contributed by atoms with van der Waals surface area (Å²) in [5.41, 5.74) is 1.19. The first-order valence-corrected chi connectivity index (χ1v) is 9.36. The standard InChI is InChI=1S/C21H34O3/c1-2-3-5-13-20(22)15-10-16-21(23)14-8-9-17-24-18-19-11-6-4-7-12-19/h4,6-7,10-12,15,20-23H,2-3,5,8-9,13-14,16-18H2,1H3/b15-10-/t20-,21+/m1/s1. The highest BCUT2D eigenvalue weighted by Crippen LogP contribution is 2.09. The molecule has 1 aromatic rings. The molecule has 0 heterocycles. The first-order chi connectivity index (χ1) is 11.7. The summed E-state index contributed by atoms with van der Waals surface area (Å²) in [6.45, 7) is 3.54. The first kappa shape index (κ1) is 20.9. The number of ether oxygens (including phenoxy) is 1. The molecule has 0 unspecified atom stereocenters. The Bertz CT molecular complexity index is 416. The van der Waals surface area contributed by atoms with Crippen molar-refractivity contribution >= 4 is 0 Å². The van der Waals surface area contributed by atoms with Gasteiger partial charge in [-0.2, -0.15) is 0 Å². The highest BCUT2D eigenvalue weighted by molar-refractivity contribution is 5.13. The summed E-state index contributed by atoms with van der Waals surface area (Å²) in [4.78, 5) is 0. The molecule has 3 nitrogen and oxygen atoms in total. The number of aliphatic hydroxyl groups excluding tert-OH is 2. The quantitative estimate of drug-likeness (QED) is 0.385. The van der Waals surface area contributed by atoms with E-state index in [1.807, 2.05) is 30.4 Å². The average molecular weight is 334 g/mol. The van der Waals surface area contributed by atoms with Gasteiger partial charge in [0, 0.05) is 6.61 Å². The third-order valence-electron chi connectivity index (χ3n) is 4.06. The van der Waals surface area contributed by atoms with Gasteiger partial charge in [-0.25, -0.2) is 0 Å². The Morgan fingerprint density at radius 2 is 1.75 bits per heavy atom. The van der Waals surface area contributed by atoms with E-state index in [2.05, 4.69) is 19.1 Å². The predicted octanol–water partition coefficient (Wildman–Crippen LogP) is 4.62. The van der Waals surface area contributed by atoms with E-state index in [-0.39, 0.29) is 12.2 Å². The van der Waals surface area contributed by atoms with Gasteiger partial charge in [0.2, 0.25) is 0 Å². The molecule has 0 spiro atoms. The molecule has 0 bridgehead atoms. The van der Waals surface area contributed by atoms with Crippen molar-refractivity contribution < 1.29 is 14.9 Å². The number of aliphatic hydroxyl groups is 2. The van der Waals surface area contributed by atoms with E-state index >= 15 is 0 Å². The lowest BCUT2D eigenvalue weighted by atomic mass is 10.1. The summed E-state index contributed by atoms with van der Waals surface area (Å²) in [6, 6.07) is 10.2. The van der Waals surface area contributed by atoms with Crippen LogP contribution in [0.1, 0.15) is 63.9 Å². The van der Waals surface area contributed by atoms with Gasteiger partial charge in [-0.05, 0) is 37.7 Å². The summed E-state index contributed by atoms with van der Waals surface area (Å²) in [5, 5.41) is 19.7. The van der Waals surface area contributed by atoms with Crippen molar-refractivity contribution in [1.29, 1.82) is 0 Å². The maximum absolute atomic E-state index is 9.94. The van der Waals surface area contributed by atoms with Crippen LogP contribution in [0.25, 0.3) is 0 Å². The van der Waals surface area contributed by atoms with Gasteiger partial charge in [0.1, 0.15) is 0 Å². The molecule has 0 aliphatic rings. The smallest absolute Gasteiger partial charge is 0.0720 e. The topological polar surface area (TPSA) is 49.7 Å². The van der Waals surface area contributed by atoms with Crippen LogP contribution in [0.5, 0.6) is 0 Å². The Morgan fingerprint density at radius 1 is 1.00 bits per heavy atom. The van der Waals surface area contributed by atoms with Crippen LogP contribution >= 0.6 is 0 Å². The minimum Gasteiger partial charge on any atom is -0.393 e. The number of unbranched alkanes of at least 4 members (excludes halogenated alkanes) is 3. The first-order valence-electron chi connectivity index (χ1n) is 9.36. The monoisotopic (exact) mass is 334 g/mol. The van der Waals surface area contributed by atoms with Gasteiger partial charge in [0.15, 0.2) is 0 Å². The molecule has 0 saturated carbocycles. The van der Waals surface area contributed by atoms with E-state index in [0.717, 1.165) is 38.7 Å². The molecule has 3 heteroatoms. The SMILES string of the molecule is CCCCC[C@@H](O)/C=C\C[C@@H](O)CCCCOCc1ccccc1. The lowest BCUT2D eigenvalue weighted by molar-refractivity contribution is 0.109. The number of benzene rings is 1. The number of hydrogen-bond acceptors (Lipinski definition) is 3. The molecule has 24 heavy (non-hydrogen) atoms. The number of hydrogen-bond donors (Lipinski definition) is 2. The molecule has 0 aromatic heterocycles. The summed E-state index contributed by atoms with van der Waals surface area (Å²) < 4.78 is 5.63. The summed E-state index contributed by atoms with van der Waals surface area (Å²) in [6.07, 6.45) is 10.6. The Balaban J connectivity index is 1.96. The molecule has 0 amide bonds. The fourth-order valence-electron chi connectivity index (χ4n) is 2.56. The van der Waals surface area contributed by atoms with Crippen molar-refractivity contribution in [2.75, 3.05) is 6.61 Å². The molecule has 0 saturated heterocycles. The molecule has 2 N–H and O–H groups in total. The van der Waals surface area contributed by atoms with E-state index < -0.39 is 0 Å². The largest absolute Gasteiger partial charge is 0.393 e. The van der Waals surface area contributed by atoms with Crippen molar-refractivity contribution in [2.45, 2.75) is 77.1 Å². The molecular formula is C21H34O3. The van der Waals surface area contributed by atoms with Gasteiger partial charge in [-0.1, -0.05) is 68.7 Å². The van der Waals surface area contributed by atoms with Crippen molar-refractivity contribution in [2.24, 2.45) is 0 Å². The van der Waals surface area contributed by atoms with Crippen molar-refractivity contribution in [3.05, 3.63) is 48.0 Å². The zero-order chi connectivity index (χ0) is 17.5. The zero-order valence-electron chi connectivity index (χ0n) is 15.1. The van der Waals surface area contributed by atoms with Crippen LogP contribution in [0.2, 0.25) is 0 Å². The Hall–Kier alpha value is -1.16. The van der Waals surface area contributed by atoms with Gasteiger partial charge >= 0.3 is 0 Å². The summed E-state index contributed by atoms with van der Waals surface area (Å²) in [5.74, 6) is 0. The van der Waals surface area contributed by atoms with Gasteiger partial charge in [-0.15, -0.1) is 0 Å². The van der Waals surface area contributed by atoms with Crippen molar-refractivity contribution in [3.63, 3.8) is 0 Å². The van der Waals surface area contributed by atoms with E-state index in [1.54, 1.807) is 0 Å². The van der Waals surface area contributed by atoms with Gasteiger partial charge < -0.3 is 14.9 Å².